The summed E-state index contributed by atoms with van der Waals surface area (Å²) in [7, 11) is 4.07. The molecule has 2 aliphatic carbocycles. The van der Waals surface area contributed by atoms with Crippen LogP contribution in [0.2, 0.25) is 0 Å². The lowest BCUT2D eigenvalue weighted by Gasteiger charge is -2.63. The minimum Gasteiger partial charge on any atom is -0.377 e. The van der Waals surface area contributed by atoms with Crippen LogP contribution in [-0.4, -0.2) is 50.3 Å². The lowest BCUT2D eigenvalue weighted by atomic mass is 9.46. The van der Waals surface area contributed by atoms with Crippen molar-refractivity contribution < 1.29 is 4.74 Å². The molecule has 3 fully saturated rings. The monoisotopic (exact) mass is 447 g/mol. The van der Waals surface area contributed by atoms with Gasteiger partial charge in [-0.25, -0.2) is 0 Å². The van der Waals surface area contributed by atoms with Gasteiger partial charge in [0.1, 0.15) is 0 Å². The molecule has 0 aromatic heterocycles. The Morgan fingerprint density at radius 2 is 2.17 bits per heavy atom. The molecule has 1 spiro atoms. The molecule has 4 nitrogen and oxygen atoms in total. The zero-order valence-corrected chi connectivity index (χ0v) is 17.6. The average molecular weight is 447 g/mol. The first-order valence-electron chi connectivity index (χ1n) is 9.40. The molecule has 1 saturated heterocycles. The first kappa shape index (κ1) is 20.0. The fraction of sp³-hybridized carbons (Fsp3) is 0.842. The second-order valence-electron chi connectivity index (χ2n) is 7.56. The van der Waals surface area contributed by atoms with Crippen molar-refractivity contribution in [3.8, 4) is 0 Å². The molecule has 3 rings (SSSR count). The van der Waals surface area contributed by atoms with Crippen molar-refractivity contribution >= 4 is 29.9 Å². The number of fused-ring (bicyclic) bond motifs is 2. The summed E-state index contributed by atoms with van der Waals surface area (Å²) in [6.45, 7) is 5.81. The van der Waals surface area contributed by atoms with Crippen molar-refractivity contribution in [2.75, 3.05) is 27.2 Å². The molecule has 1 aliphatic heterocycles. The van der Waals surface area contributed by atoms with Gasteiger partial charge in [-0.2, -0.15) is 0 Å². The molecule has 2 saturated carbocycles. The van der Waals surface area contributed by atoms with Gasteiger partial charge in [-0.05, 0) is 38.5 Å². The molecule has 1 N–H and O–H groups in total. The van der Waals surface area contributed by atoms with E-state index in [4.69, 9.17) is 4.74 Å². The van der Waals surface area contributed by atoms with Gasteiger partial charge in [0.15, 0.2) is 5.96 Å². The van der Waals surface area contributed by atoms with Crippen LogP contribution >= 0.6 is 24.0 Å². The molecule has 3 atom stereocenters. The van der Waals surface area contributed by atoms with Crippen LogP contribution in [0.25, 0.3) is 0 Å². The fourth-order valence-corrected chi connectivity index (χ4v) is 4.86. The summed E-state index contributed by atoms with van der Waals surface area (Å²) in [4.78, 5) is 6.83. The molecule has 1 heterocycles. The summed E-state index contributed by atoms with van der Waals surface area (Å²) in [6.07, 6.45) is 12.6. The van der Waals surface area contributed by atoms with E-state index in [-0.39, 0.29) is 24.0 Å². The minimum absolute atomic E-state index is 0. The quantitative estimate of drug-likeness (QED) is 0.212. The van der Waals surface area contributed by atoms with E-state index in [9.17, 15) is 0 Å². The SMILES string of the molecule is C=CCCCCCN(C)C(=NC)NC1C2CCOC2C12CCC2.I. The minimum atomic E-state index is 0. The Balaban J connectivity index is 0.00000208. The van der Waals surface area contributed by atoms with Gasteiger partial charge in [-0.1, -0.05) is 18.9 Å². The molecule has 0 amide bonds. The summed E-state index contributed by atoms with van der Waals surface area (Å²) >= 11 is 0. The van der Waals surface area contributed by atoms with E-state index >= 15 is 0 Å². The molecule has 3 aliphatic rings. The topological polar surface area (TPSA) is 36.9 Å². The maximum absolute atomic E-state index is 6.02. The standard InChI is InChI=1S/C19H33N3O.HI/c1-4-5-6-7-8-13-22(3)18(20-2)21-16-15-10-14-23-17(15)19(16)11-9-12-19;/h4,15-17H,1,5-14H2,2-3H3,(H,20,21);1H. The number of aliphatic imine (C=N–C) groups is 1. The van der Waals surface area contributed by atoms with Crippen molar-refractivity contribution in [2.45, 2.75) is 63.5 Å². The Kier molecular flexibility index (Phi) is 7.40. The van der Waals surface area contributed by atoms with E-state index in [2.05, 4.69) is 28.8 Å². The number of ether oxygens (including phenoxy) is 1. The van der Waals surface area contributed by atoms with E-state index in [0.29, 0.717) is 23.5 Å². The zero-order chi connectivity index (χ0) is 16.3. The van der Waals surface area contributed by atoms with Crippen LogP contribution in [-0.2, 0) is 4.74 Å². The maximum atomic E-state index is 6.02. The van der Waals surface area contributed by atoms with Gasteiger partial charge in [0.2, 0.25) is 0 Å². The molecule has 3 unspecified atom stereocenters. The van der Waals surface area contributed by atoms with Crippen LogP contribution in [0.4, 0.5) is 0 Å². The molecular weight excluding hydrogens is 413 g/mol. The summed E-state index contributed by atoms with van der Waals surface area (Å²) < 4.78 is 6.02. The highest BCUT2D eigenvalue weighted by Crippen LogP contribution is 2.62. The maximum Gasteiger partial charge on any atom is 0.193 e. The zero-order valence-electron chi connectivity index (χ0n) is 15.3. The highest BCUT2D eigenvalue weighted by molar-refractivity contribution is 14.0. The van der Waals surface area contributed by atoms with Crippen molar-refractivity contribution in [3.05, 3.63) is 12.7 Å². The molecule has 24 heavy (non-hydrogen) atoms. The summed E-state index contributed by atoms with van der Waals surface area (Å²) in [5, 5.41) is 3.80. The number of guanidine groups is 1. The molecule has 0 radical (unpaired) electrons. The van der Waals surface area contributed by atoms with Crippen LogP contribution in [0.3, 0.4) is 0 Å². The van der Waals surface area contributed by atoms with E-state index < -0.39 is 0 Å². The summed E-state index contributed by atoms with van der Waals surface area (Å²) in [5.41, 5.74) is 0.419. The molecule has 0 aromatic carbocycles. The van der Waals surface area contributed by atoms with Gasteiger partial charge >= 0.3 is 0 Å². The Bertz CT molecular complexity index is 450. The molecule has 5 heteroatoms. The van der Waals surface area contributed by atoms with Crippen LogP contribution in [0.1, 0.15) is 51.4 Å². The second kappa shape index (κ2) is 8.88. The Morgan fingerprint density at radius 1 is 1.38 bits per heavy atom. The van der Waals surface area contributed by atoms with E-state index in [1.165, 1.54) is 44.9 Å². The number of halogens is 1. The third kappa shape index (κ3) is 3.62. The molecule has 0 bridgehead atoms. The van der Waals surface area contributed by atoms with E-state index in [1.807, 2.05) is 13.1 Å². The van der Waals surface area contributed by atoms with Gasteiger partial charge in [-0.3, -0.25) is 4.99 Å². The number of nitrogens with one attached hydrogen (secondary N) is 1. The largest absolute Gasteiger partial charge is 0.377 e. The number of allylic oxidation sites excluding steroid dienone is 1. The number of hydrogen-bond donors (Lipinski definition) is 1. The highest BCUT2D eigenvalue weighted by Gasteiger charge is 2.66. The Hall–Kier alpha value is -0.300. The van der Waals surface area contributed by atoms with Gasteiger partial charge < -0.3 is 15.0 Å². The van der Waals surface area contributed by atoms with Gasteiger partial charge in [-0.15, -0.1) is 30.6 Å². The van der Waals surface area contributed by atoms with Crippen molar-refractivity contribution in [1.29, 1.82) is 0 Å². The molecule has 0 aromatic rings. The molecular formula is C19H34IN3O. The number of hydrogen-bond acceptors (Lipinski definition) is 2. The van der Waals surface area contributed by atoms with Crippen molar-refractivity contribution in [3.63, 3.8) is 0 Å². The average Bonchev–Trinajstić information content (AvgIpc) is 2.91. The van der Waals surface area contributed by atoms with Crippen LogP contribution in [0, 0.1) is 11.3 Å². The third-order valence-corrected chi connectivity index (χ3v) is 6.30. The third-order valence-electron chi connectivity index (χ3n) is 6.30. The van der Waals surface area contributed by atoms with Crippen LogP contribution in [0.15, 0.2) is 17.6 Å². The predicted molar refractivity (Wildman–Crippen MR) is 111 cm³/mol. The van der Waals surface area contributed by atoms with Crippen LogP contribution in [0.5, 0.6) is 0 Å². The first-order valence-corrected chi connectivity index (χ1v) is 9.40. The lowest BCUT2D eigenvalue weighted by molar-refractivity contribution is -0.171. The second-order valence-corrected chi connectivity index (χ2v) is 7.56. The summed E-state index contributed by atoms with van der Waals surface area (Å²) in [5.74, 6) is 1.77. The number of nitrogens with zero attached hydrogens (tertiary/aromatic N) is 2. The Labute approximate surface area is 164 Å². The highest BCUT2D eigenvalue weighted by atomic mass is 127. The predicted octanol–water partition coefficient (Wildman–Crippen LogP) is 3.82. The van der Waals surface area contributed by atoms with E-state index in [1.54, 1.807) is 0 Å². The first-order chi connectivity index (χ1) is 11.2. The smallest absolute Gasteiger partial charge is 0.193 e. The fourth-order valence-electron chi connectivity index (χ4n) is 4.86. The van der Waals surface area contributed by atoms with Crippen LogP contribution < -0.4 is 5.32 Å². The van der Waals surface area contributed by atoms with Gasteiger partial charge in [0.05, 0.1) is 6.10 Å². The molecule has 138 valence electrons. The number of unbranched alkanes of at least 4 members (excludes halogenated alkanes) is 3. The van der Waals surface area contributed by atoms with Gasteiger partial charge in [0.25, 0.3) is 0 Å². The van der Waals surface area contributed by atoms with Crippen molar-refractivity contribution in [2.24, 2.45) is 16.3 Å². The van der Waals surface area contributed by atoms with E-state index in [0.717, 1.165) is 25.5 Å². The lowest BCUT2D eigenvalue weighted by Crippen LogP contribution is -2.72. The van der Waals surface area contributed by atoms with Gasteiger partial charge in [0, 0.05) is 44.6 Å². The number of rotatable bonds is 7. The normalized spacial score (nSPS) is 29.9. The van der Waals surface area contributed by atoms with Crippen molar-refractivity contribution in [1.82, 2.24) is 10.2 Å². The Morgan fingerprint density at radius 3 is 2.79 bits per heavy atom. The summed E-state index contributed by atoms with van der Waals surface area (Å²) in [6, 6.07) is 0.575.